The summed E-state index contributed by atoms with van der Waals surface area (Å²) in [6.07, 6.45) is -2.15. The van der Waals surface area contributed by atoms with Crippen molar-refractivity contribution in [1.82, 2.24) is 9.88 Å². The third kappa shape index (κ3) is 3.58. The summed E-state index contributed by atoms with van der Waals surface area (Å²) in [5, 5.41) is 0. The molecule has 5 nitrogen and oxygen atoms in total. The van der Waals surface area contributed by atoms with Gasteiger partial charge in [-0.2, -0.15) is 13.2 Å². The third-order valence-electron chi connectivity index (χ3n) is 5.09. The van der Waals surface area contributed by atoms with Gasteiger partial charge in [-0.25, -0.2) is 4.98 Å². The summed E-state index contributed by atoms with van der Waals surface area (Å²) in [6.45, 7) is 2.72. The average Bonchev–Trinajstić information content (AvgIpc) is 3.01. The maximum atomic E-state index is 12.9. The van der Waals surface area contributed by atoms with Crippen LogP contribution in [0.5, 0.6) is 0 Å². The lowest BCUT2D eigenvalue weighted by atomic mass is 9.78. The van der Waals surface area contributed by atoms with Gasteiger partial charge in [0.2, 0.25) is 5.91 Å². The van der Waals surface area contributed by atoms with Crippen LogP contribution in [0.3, 0.4) is 0 Å². The van der Waals surface area contributed by atoms with Crippen LogP contribution in [0.25, 0.3) is 0 Å². The molecule has 1 spiro atoms. The van der Waals surface area contributed by atoms with Crippen LogP contribution in [0.15, 0.2) is 18.2 Å². The van der Waals surface area contributed by atoms with Crippen molar-refractivity contribution in [3.8, 4) is 0 Å². The molecule has 0 unspecified atom stereocenters. The van der Waals surface area contributed by atoms with Gasteiger partial charge >= 0.3 is 6.18 Å². The molecule has 0 N–H and O–H groups in total. The Kier molecular flexibility index (Phi) is 4.90. The van der Waals surface area contributed by atoms with Gasteiger partial charge in [-0.3, -0.25) is 4.79 Å². The number of rotatable bonds is 4. The first-order chi connectivity index (χ1) is 11.9. The van der Waals surface area contributed by atoms with E-state index in [1.54, 1.807) is 18.1 Å². The van der Waals surface area contributed by atoms with E-state index >= 15 is 0 Å². The maximum Gasteiger partial charge on any atom is 0.433 e. The molecule has 8 heteroatoms. The monoisotopic (exact) mass is 357 g/mol. The first-order valence-electron chi connectivity index (χ1n) is 8.43. The molecule has 1 aromatic rings. The number of aromatic nitrogens is 1. The van der Waals surface area contributed by atoms with Crippen LogP contribution in [-0.4, -0.2) is 55.7 Å². The standard InChI is InChI=1S/C17H22F3N3O2/c1-25-11-10-22-8-3-6-16(15(22)24)7-9-23(12-16)14-5-2-4-13(21-14)17(18,19)20/h2,4-5H,3,6-12H2,1H3/t16-/m0/s1. The Bertz CT molecular complexity index is 638. The van der Waals surface area contributed by atoms with Gasteiger partial charge in [0.25, 0.3) is 0 Å². The number of methoxy groups -OCH3 is 1. The number of carbonyl (C=O) groups excluding carboxylic acids is 1. The lowest BCUT2D eigenvalue weighted by molar-refractivity contribution is -0.145. The fourth-order valence-electron chi connectivity index (χ4n) is 3.77. The minimum absolute atomic E-state index is 0.0882. The van der Waals surface area contributed by atoms with E-state index in [0.29, 0.717) is 39.2 Å². The number of alkyl halides is 3. The Morgan fingerprint density at radius 1 is 1.28 bits per heavy atom. The number of piperidine rings is 1. The third-order valence-corrected chi connectivity index (χ3v) is 5.09. The molecule has 0 saturated carbocycles. The van der Waals surface area contributed by atoms with E-state index in [9.17, 15) is 18.0 Å². The molecule has 3 heterocycles. The maximum absolute atomic E-state index is 12.9. The lowest BCUT2D eigenvalue weighted by Crippen LogP contribution is -2.51. The number of anilines is 1. The molecule has 2 fully saturated rings. The van der Waals surface area contributed by atoms with Crippen molar-refractivity contribution >= 4 is 11.7 Å². The van der Waals surface area contributed by atoms with Crippen LogP contribution in [0.2, 0.25) is 0 Å². The van der Waals surface area contributed by atoms with E-state index in [2.05, 4.69) is 4.98 Å². The number of halogens is 3. The highest BCUT2D eigenvalue weighted by atomic mass is 19.4. The summed E-state index contributed by atoms with van der Waals surface area (Å²) in [5.74, 6) is 0.374. The summed E-state index contributed by atoms with van der Waals surface area (Å²) in [4.78, 5) is 20.3. The normalized spacial score (nSPS) is 24.4. The molecule has 3 rings (SSSR count). The molecule has 0 radical (unpaired) electrons. The summed E-state index contributed by atoms with van der Waals surface area (Å²) in [7, 11) is 1.60. The predicted molar refractivity (Wildman–Crippen MR) is 86.2 cm³/mol. The second kappa shape index (κ2) is 6.82. The highest BCUT2D eigenvalue weighted by molar-refractivity contribution is 5.85. The van der Waals surface area contributed by atoms with Crippen molar-refractivity contribution in [3.63, 3.8) is 0 Å². The number of hydrogen-bond acceptors (Lipinski definition) is 4. The topological polar surface area (TPSA) is 45.7 Å². The number of carbonyl (C=O) groups is 1. The minimum atomic E-state index is -4.47. The number of ether oxygens (including phenoxy) is 1. The van der Waals surface area contributed by atoms with Gasteiger partial charge in [0, 0.05) is 33.3 Å². The molecule has 138 valence electrons. The van der Waals surface area contributed by atoms with Gasteiger partial charge in [-0.15, -0.1) is 0 Å². The van der Waals surface area contributed by atoms with E-state index in [-0.39, 0.29) is 11.7 Å². The number of nitrogens with zero attached hydrogens (tertiary/aromatic N) is 3. The zero-order valence-electron chi connectivity index (χ0n) is 14.2. The SMILES string of the molecule is COCCN1CCC[C@@]2(CCN(c3cccc(C(F)(F)F)n3)C2)C1=O. The van der Waals surface area contributed by atoms with Gasteiger partial charge in [-0.1, -0.05) is 6.07 Å². The van der Waals surface area contributed by atoms with Gasteiger partial charge in [0.15, 0.2) is 0 Å². The zero-order chi connectivity index (χ0) is 18.1. The summed E-state index contributed by atoms with van der Waals surface area (Å²) in [5.41, 5.74) is -1.41. The van der Waals surface area contributed by atoms with Crippen LogP contribution < -0.4 is 4.90 Å². The molecule has 0 bridgehead atoms. The summed E-state index contributed by atoms with van der Waals surface area (Å²) in [6, 6.07) is 3.90. The number of hydrogen-bond donors (Lipinski definition) is 0. The van der Waals surface area contributed by atoms with Gasteiger partial charge in [0.1, 0.15) is 11.5 Å². The highest BCUT2D eigenvalue weighted by Gasteiger charge is 2.48. The molecule has 25 heavy (non-hydrogen) atoms. The first kappa shape index (κ1) is 18.0. The Balaban J connectivity index is 1.75. The van der Waals surface area contributed by atoms with Crippen LogP contribution in [-0.2, 0) is 15.7 Å². The average molecular weight is 357 g/mol. The van der Waals surface area contributed by atoms with E-state index in [1.807, 2.05) is 4.90 Å². The van der Waals surface area contributed by atoms with Crippen LogP contribution in [0, 0.1) is 5.41 Å². The van der Waals surface area contributed by atoms with Gasteiger partial charge in [0.05, 0.1) is 12.0 Å². The Labute approximate surface area is 144 Å². The summed E-state index contributed by atoms with van der Waals surface area (Å²) < 4.78 is 43.7. The van der Waals surface area contributed by atoms with Crippen molar-refractivity contribution in [3.05, 3.63) is 23.9 Å². The number of pyridine rings is 1. The van der Waals surface area contributed by atoms with Crippen molar-refractivity contribution < 1.29 is 22.7 Å². The minimum Gasteiger partial charge on any atom is -0.383 e. The Morgan fingerprint density at radius 3 is 2.80 bits per heavy atom. The second-order valence-electron chi connectivity index (χ2n) is 6.72. The molecule has 2 aliphatic heterocycles. The molecule has 2 aliphatic rings. The molecule has 0 aromatic carbocycles. The van der Waals surface area contributed by atoms with Crippen LogP contribution >= 0.6 is 0 Å². The smallest absolute Gasteiger partial charge is 0.383 e. The first-order valence-corrected chi connectivity index (χ1v) is 8.43. The largest absolute Gasteiger partial charge is 0.433 e. The molecule has 0 aliphatic carbocycles. The Hall–Kier alpha value is -1.83. The molecule has 1 amide bonds. The van der Waals surface area contributed by atoms with Crippen molar-refractivity contribution in [2.45, 2.75) is 25.4 Å². The molecule has 2 saturated heterocycles. The fourth-order valence-corrected chi connectivity index (χ4v) is 3.77. The fraction of sp³-hybridized carbons (Fsp3) is 0.647. The molecular weight excluding hydrogens is 335 g/mol. The van der Waals surface area contributed by atoms with Gasteiger partial charge in [-0.05, 0) is 31.4 Å². The molecular formula is C17H22F3N3O2. The second-order valence-corrected chi connectivity index (χ2v) is 6.72. The van der Waals surface area contributed by atoms with Gasteiger partial charge < -0.3 is 14.5 Å². The summed E-state index contributed by atoms with van der Waals surface area (Å²) >= 11 is 0. The molecule has 1 atom stereocenters. The van der Waals surface area contributed by atoms with Crippen molar-refractivity contribution in [2.24, 2.45) is 5.41 Å². The Morgan fingerprint density at radius 2 is 2.08 bits per heavy atom. The van der Waals surface area contributed by atoms with E-state index in [1.165, 1.54) is 6.07 Å². The predicted octanol–water partition coefficient (Wildman–Crippen LogP) is 2.57. The van der Waals surface area contributed by atoms with Crippen molar-refractivity contribution in [1.29, 1.82) is 0 Å². The number of amides is 1. The van der Waals surface area contributed by atoms with Crippen molar-refractivity contribution in [2.75, 3.05) is 44.8 Å². The van der Waals surface area contributed by atoms with E-state index < -0.39 is 17.3 Å². The van der Waals surface area contributed by atoms with Crippen LogP contribution in [0.1, 0.15) is 25.0 Å². The quantitative estimate of drug-likeness (QED) is 0.831. The van der Waals surface area contributed by atoms with Crippen LogP contribution in [0.4, 0.5) is 19.0 Å². The number of likely N-dealkylation sites (tertiary alicyclic amines) is 1. The highest BCUT2D eigenvalue weighted by Crippen LogP contribution is 2.41. The zero-order valence-corrected chi connectivity index (χ0v) is 14.2. The molecule has 1 aromatic heterocycles. The van der Waals surface area contributed by atoms with E-state index in [0.717, 1.165) is 18.9 Å². The van der Waals surface area contributed by atoms with E-state index in [4.69, 9.17) is 4.74 Å². The lowest BCUT2D eigenvalue weighted by Gasteiger charge is -2.39.